The number of tetrazole rings is 1. The topological polar surface area (TPSA) is 134 Å². The highest BCUT2D eigenvalue weighted by Crippen LogP contribution is 2.40. The standard InChI is InChI=1S/C21H35N7O3/c29-20(17-3-1-8-22-17)23-9-2-10-31-21(30)18-12-16-11-14(4-6-15(16)13-24-18)5-7-19-25-27-28-26-19/h14-18,22,24H,1-13H2,(H,23,29)(H,25,26,27,28)/t14-,15+,16-,17-,18+/m1/s1/i18D. The number of aromatic amines is 1. The predicted molar refractivity (Wildman–Crippen MR) is 113 cm³/mol. The number of rotatable bonds is 9. The average molecular weight is 435 g/mol. The number of aromatic nitrogens is 4. The van der Waals surface area contributed by atoms with Crippen LogP contribution in [-0.4, -0.2) is 70.8 Å². The van der Waals surface area contributed by atoms with Gasteiger partial charge in [0.25, 0.3) is 0 Å². The molecule has 2 saturated heterocycles. The summed E-state index contributed by atoms with van der Waals surface area (Å²) in [5.74, 6) is 1.67. The molecule has 0 aromatic carbocycles. The minimum Gasteiger partial charge on any atom is -0.464 e. The third kappa shape index (κ3) is 6.22. The van der Waals surface area contributed by atoms with Crippen LogP contribution in [-0.2, 0) is 20.7 Å². The number of fused-ring (bicyclic) bond motifs is 1. The maximum atomic E-state index is 12.7. The Balaban J connectivity index is 1.17. The summed E-state index contributed by atoms with van der Waals surface area (Å²) in [6.45, 7) is 2.25. The number of ether oxygens (including phenoxy) is 1. The van der Waals surface area contributed by atoms with Gasteiger partial charge in [0.1, 0.15) is 6.02 Å². The first-order chi connectivity index (χ1) is 15.5. The van der Waals surface area contributed by atoms with Crippen LogP contribution >= 0.6 is 0 Å². The Morgan fingerprint density at radius 2 is 2.13 bits per heavy atom. The van der Waals surface area contributed by atoms with Crippen LogP contribution in [0.2, 0.25) is 0 Å². The summed E-state index contributed by atoms with van der Waals surface area (Å²) in [6, 6.07) is -1.48. The molecule has 1 amide bonds. The van der Waals surface area contributed by atoms with Crippen LogP contribution in [0.1, 0.15) is 58.6 Å². The Morgan fingerprint density at radius 3 is 2.94 bits per heavy atom. The van der Waals surface area contributed by atoms with E-state index in [1.165, 1.54) is 0 Å². The molecule has 0 radical (unpaired) electrons. The number of nitrogens with zero attached hydrogens (tertiary/aromatic N) is 3. The lowest BCUT2D eigenvalue weighted by atomic mass is 9.69. The van der Waals surface area contributed by atoms with Gasteiger partial charge in [0.05, 0.1) is 14.0 Å². The molecule has 10 nitrogen and oxygen atoms in total. The van der Waals surface area contributed by atoms with Crippen LogP contribution in [0.15, 0.2) is 0 Å². The van der Waals surface area contributed by atoms with E-state index in [0.29, 0.717) is 43.7 Å². The van der Waals surface area contributed by atoms with Crippen molar-refractivity contribution in [2.45, 2.75) is 69.8 Å². The molecule has 0 bridgehead atoms. The van der Waals surface area contributed by atoms with Crippen molar-refractivity contribution in [3.05, 3.63) is 5.82 Å². The van der Waals surface area contributed by atoms with Gasteiger partial charge in [-0.2, -0.15) is 5.21 Å². The van der Waals surface area contributed by atoms with E-state index in [1.807, 2.05) is 0 Å². The van der Waals surface area contributed by atoms with Crippen molar-refractivity contribution < 1.29 is 15.7 Å². The van der Waals surface area contributed by atoms with Gasteiger partial charge in [0.2, 0.25) is 5.91 Å². The summed E-state index contributed by atoms with van der Waals surface area (Å²) in [7, 11) is 0. The van der Waals surface area contributed by atoms with E-state index in [9.17, 15) is 9.59 Å². The summed E-state index contributed by atoms with van der Waals surface area (Å²) in [4.78, 5) is 24.6. The SMILES string of the molecule is [2H][C@@]1(C(=O)OCCCNC(=O)[C@H]2CCCN2)C[C@H]2C[C@@H](CCc3nn[nH]n3)CC[C@H]2CN1. The third-order valence-electron chi connectivity index (χ3n) is 6.93. The van der Waals surface area contributed by atoms with Crippen molar-refractivity contribution in [2.75, 3.05) is 26.2 Å². The first-order valence-electron chi connectivity index (χ1n) is 12.2. The van der Waals surface area contributed by atoms with Crippen molar-refractivity contribution in [3.63, 3.8) is 0 Å². The second-order valence-electron chi connectivity index (χ2n) is 9.06. The van der Waals surface area contributed by atoms with Gasteiger partial charge in [-0.05, 0) is 75.8 Å². The lowest BCUT2D eigenvalue weighted by Gasteiger charge is -2.42. The van der Waals surface area contributed by atoms with Crippen molar-refractivity contribution in [1.82, 2.24) is 36.6 Å². The van der Waals surface area contributed by atoms with Gasteiger partial charge in [-0.1, -0.05) is 11.6 Å². The van der Waals surface area contributed by atoms with E-state index >= 15 is 0 Å². The zero-order chi connectivity index (χ0) is 22.4. The van der Waals surface area contributed by atoms with E-state index < -0.39 is 12.0 Å². The first-order valence-corrected chi connectivity index (χ1v) is 11.7. The number of hydrogen-bond acceptors (Lipinski definition) is 8. The highest BCUT2D eigenvalue weighted by atomic mass is 16.5. The highest BCUT2D eigenvalue weighted by molar-refractivity contribution is 5.82. The fraction of sp³-hybridized carbons (Fsp3) is 0.857. The molecule has 31 heavy (non-hydrogen) atoms. The lowest BCUT2D eigenvalue weighted by molar-refractivity contribution is -0.148. The molecular weight excluding hydrogens is 398 g/mol. The number of carbonyl (C=O) groups excluding carboxylic acids is 2. The minimum absolute atomic E-state index is 0.0111. The lowest BCUT2D eigenvalue weighted by Crippen LogP contribution is -2.50. The Labute approximate surface area is 184 Å². The van der Waals surface area contributed by atoms with Crippen LogP contribution in [0, 0.1) is 17.8 Å². The van der Waals surface area contributed by atoms with Crippen LogP contribution in [0.5, 0.6) is 0 Å². The molecule has 10 heteroatoms. The number of piperidine rings is 1. The average Bonchev–Trinajstić information content (AvgIpc) is 3.51. The molecule has 4 rings (SSSR count). The van der Waals surface area contributed by atoms with Crippen molar-refractivity contribution in [2.24, 2.45) is 17.8 Å². The number of H-pyrrole nitrogens is 1. The Kier molecular flexibility index (Phi) is 7.38. The molecule has 3 heterocycles. The summed E-state index contributed by atoms with van der Waals surface area (Å²) in [6.07, 6.45) is 8.05. The smallest absolute Gasteiger partial charge is 0.323 e. The molecule has 1 aromatic heterocycles. The number of esters is 1. The quantitative estimate of drug-likeness (QED) is 0.323. The predicted octanol–water partition coefficient (Wildman–Crippen LogP) is 0.328. The van der Waals surface area contributed by atoms with E-state index in [2.05, 4.69) is 36.6 Å². The maximum Gasteiger partial charge on any atom is 0.323 e. The number of carbonyl (C=O) groups is 2. The number of aryl methyl sites for hydroxylation is 1. The summed E-state index contributed by atoms with van der Waals surface area (Å²) >= 11 is 0. The van der Waals surface area contributed by atoms with Crippen molar-refractivity contribution in [3.8, 4) is 0 Å². The molecule has 2 aliphatic heterocycles. The number of amides is 1. The van der Waals surface area contributed by atoms with E-state index in [4.69, 9.17) is 6.11 Å². The van der Waals surface area contributed by atoms with Gasteiger partial charge < -0.3 is 20.7 Å². The van der Waals surface area contributed by atoms with Gasteiger partial charge in [-0.3, -0.25) is 9.59 Å². The van der Waals surface area contributed by atoms with E-state index in [1.54, 1.807) is 0 Å². The molecule has 1 saturated carbocycles. The maximum absolute atomic E-state index is 12.7. The molecule has 3 aliphatic rings. The van der Waals surface area contributed by atoms with Crippen molar-refractivity contribution in [1.29, 1.82) is 0 Å². The van der Waals surface area contributed by atoms with Gasteiger partial charge in [-0.15, -0.1) is 10.2 Å². The molecule has 5 atom stereocenters. The van der Waals surface area contributed by atoms with Crippen LogP contribution in [0.3, 0.4) is 0 Å². The van der Waals surface area contributed by atoms with Crippen LogP contribution < -0.4 is 16.0 Å². The van der Waals surface area contributed by atoms with Crippen LogP contribution in [0.25, 0.3) is 0 Å². The number of nitrogens with one attached hydrogen (secondary N) is 4. The second-order valence-corrected chi connectivity index (χ2v) is 9.06. The summed E-state index contributed by atoms with van der Waals surface area (Å²) in [5.41, 5.74) is 0. The van der Waals surface area contributed by atoms with E-state index in [0.717, 1.165) is 57.3 Å². The molecule has 0 spiro atoms. The zero-order valence-corrected chi connectivity index (χ0v) is 18.1. The normalized spacial score (nSPS) is 33.4. The molecule has 172 valence electrons. The molecule has 3 fully saturated rings. The molecule has 0 unspecified atom stereocenters. The van der Waals surface area contributed by atoms with Crippen molar-refractivity contribution >= 4 is 11.9 Å². The first kappa shape index (κ1) is 20.8. The highest BCUT2D eigenvalue weighted by Gasteiger charge is 2.38. The fourth-order valence-electron chi connectivity index (χ4n) is 5.14. The molecule has 1 aliphatic carbocycles. The Bertz CT molecular complexity index is 759. The van der Waals surface area contributed by atoms with E-state index in [-0.39, 0.29) is 18.6 Å². The van der Waals surface area contributed by atoms with Gasteiger partial charge in [0.15, 0.2) is 5.82 Å². The minimum atomic E-state index is -1.38. The second kappa shape index (κ2) is 11.0. The Morgan fingerprint density at radius 1 is 1.19 bits per heavy atom. The largest absolute Gasteiger partial charge is 0.464 e. The summed E-state index contributed by atoms with van der Waals surface area (Å²) in [5, 5.41) is 23.3. The molecule has 4 N–H and O–H groups in total. The third-order valence-corrected chi connectivity index (χ3v) is 6.93. The molecular formula is C21H35N7O3. The zero-order valence-electron chi connectivity index (χ0n) is 19.1. The monoisotopic (exact) mass is 434 g/mol. The van der Waals surface area contributed by atoms with Crippen LogP contribution in [0.4, 0.5) is 0 Å². The fourth-order valence-corrected chi connectivity index (χ4v) is 5.14. The molecule has 1 aromatic rings. The van der Waals surface area contributed by atoms with Gasteiger partial charge in [-0.25, -0.2) is 0 Å². The Hall–Kier alpha value is -2.07. The summed E-state index contributed by atoms with van der Waals surface area (Å²) < 4.78 is 14.1. The number of hydrogen-bond donors (Lipinski definition) is 4. The van der Waals surface area contributed by atoms with Gasteiger partial charge >= 0.3 is 5.97 Å². The van der Waals surface area contributed by atoms with Gasteiger partial charge in [0, 0.05) is 13.0 Å².